The van der Waals surface area contributed by atoms with Crippen molar-refractivity contribution in [3.05, 3.63) is 83.7 Å². The number of hydrogen-bond donors (Lipinski definition) is 1. The minimum Gasteiger partial charge on any atom is -0.335 e. The van der Waals surface area contributed by atoms with E-state index in [1.165, 1.54) is 23.3 Å². The maximum Gasteiger partial charge on any atom is 0.318 e. The first-order chi connectivity index (χ1) is 14.7. The quantitative estimate of drug-likeness (QED) is 0.551. The number of carbonyl (C=O) groups excluding carboxylic acids is 1. The van der Waals surface area contributed by atoms with Gasteiger partial charge < -0.3 is 14.8 Å². The predicted octanol–water partition coefficient (Wildman–Crippen LogP) is 5.76. The third-order valence-corrected chi connectivity index (χ3v) is 7.08. The molecule has 1 aromatic heterocycles. The number of urea groups is 1. The SMILES string of the molecule is CSc1ccc([C@@H]2c3cccn3-c3ccccc3CN2C(=O)NC2CCCC2)cc1. The Balaban J connectivity index is 1.60. The van der Waals surface area contributed by atoms with Crippen molar-refractivity contribution < 1.29 is 4.79 Å². The predicted molar refractivity (Wildman–Crippen MR) is 122 cm³/mol. The minimum atomic E-state index is -0.135. The topological polar surface area (TPSA) is 37.3 Å². The molecule has 5 heteroatoms. The van der Waals surface area contributed by atoms with Crippen molar-refractivity contribution in [2.24, 2.45) is 0 Å². The molecule has 1 N–H and O–H groups in total. The summed E-state index contributed by atoms with van der Waals surface area (Å²) >= 11 is 1.74. The molecular formula is C25H27N3OS. The van der Waals surface area contributed by atoms with E-state index < -0.39 is 0 Å². The van der Waals surface area contributed by atoms with Gasteiger partial charge in [-0.05, 0) is 60.6 Å². The van der Waals surface area contributed by atoms with Crippen LogP contribution in [0.1, 0.15) is 48.5 Å². The van der Waals surface area contributed by atoms with E-state index >= 15 is 0 Å². The third-order valence-electron chi connectivity index (χ3n) is 6.34. The van der Waals surface area contributed by atoms with Crippen LogP contribution in [-0.2, 0) is 6.54 Å². The number of nitrogens with zero attached hydrogens (tertiary/aromatic N) is 2. The number of fused-ring (bicyclic) bond motifs is 3. The highest BCUT2D eigenvalue weighted by Gasteiger charge is 2.33. The summed E-state index contributed by atoms with van der Waals surface area (Å²) < 4.78 is 2.24. The second-order valence-corrected chi connectivity index (χ2v) is 9.05. The molecule has 1 saturated carbocycles. The Bertz CT molecular complexity index is 1040. The summed E-state index contributed by atoms with van der Waals surface area (Å²) in [6.07, 6.45) is 8.77. The molecule has 1 aliphatic carbocycles. The molecule has 1 fully saturated rings. The molecule has 3 aromatic rings. The molecule has 2 amide bonds. The van der Waals surface area contributed by atoms with Gasteiger partial charge >= 0.3 is 6.03 Å². The molecule has 0 radical (unpaired) electrons. The van der Waals surface area contributed by atoms with E-state index in [-0.39, 0.29) is 12.1 Å². The van der Waals surface area contributed by atoms with Crippen LogP contribution in [0.25, 0.3) is 5.69 Å². The molecule has 5 rings (SSSR count). The lowest BCUT2D eigenvalue weighted by atomic mass is 10.0. The highest BCUT2D eigenvalue weighted by atomic mass is 32.2. The number of hydrogen-bond acceptors (Lipinski definition) is 2. The second kappa shape index (κ2) is 8.23. The number of thioether (sulfide) groups is 1. The van der Waals surface area contributed by atoms with Gasteiger partial charge in [0.25, 0.3) is 0 Å². The van der Waals surface area contributed by atoms with Crippen LogP contribution in [0.4, 0.5) is 4.79 Å². The number of nitrogens with one attached hydrogen (secondary N) is 1. The smallest absolute Gasteiger partial charge is 0.318 e. The molecule has 0 unspecified atom stereocenters. The lowest BCUT2D eigenvalue weighted by Crippen LogP contribution is -2.45. The molecule has 30 heavy (non-hydrogen) atoms. The Hall–Kier alpha value is -2.66. The first kappa shape index (κ1) is 19.3. The van der Waals surface area contributed by atoms with Crippen LogP contribution in [0.3, 0.4) is 0 Å². The minimum absolute atomic E-state index is 0.0327. The van der Waals surface area contributed by atoms with Gasteiger partial charge in [-0.25, -0.2) is 4.79 Å². The second-order valence-electron chi connectivity index (χ2n) is 8.17. The summed E-state index contributed by atoms with van der Waals surface area (Å²) in [7, 11) is 0. The van der Waals surface area contributed by atoms with E-state index in [2.05, 4.69) is 83.0 Å². The number of carbonyl (C=O) groups is 1. The first-order valence-corrected chi connectivity index (χ1v) is 11.9. The maximum atomic E-state index is 13.6. The molecule has 1 aliphatic heterocycles. The van der Waals surface area contributed by atoms with Gasteiger partial charge in [0.1, 0.15) is 0 Å². The van der Waals surface area contributed by atoms with Crippen LogP contribution >= 0.6 is 11.8 Å². The Morgan fingerprint density at radius 2 is 1.77 bits per heavy atom. The van der Waals surface area contributed by atoms with Gasteiger partial charge in [0, 0.05) is 22.8 Å². The molecule has 0 bridgehead atoms. The van der Waals surface area contributed by atoms with Crippen molar-refractivity contribution in [3.8, 4) is 5.69 Å². The zero-order valence-corrected chi connectivity index (χ0v) is 18.1. The summed E-state index contributed by atoms with van der Waals surface area (Å²) in [6, 6.07) is 21.5. The molecule has 1 atom stereocenters. The highest BCUT2D eigenvalue weighted by Crippen LogP contribution is 2.37. The zero-order valence-electron chi connectivity index (χ0n) is 17.3. The Labute approximate surface area is 182 Å². The van der Waals surface area contributed by atoms with Gasteiger partial charge in [-0.2, -0.15) is 0 Å². The van der Waals surface area contributed by atoms with Gasteiger partial charge in [0.2, 0.25) is 0 Å². The van der Waals surface area contributed by atoms with Gasteiger partial charge in [-0.15, -0.1) is 11.8 Å². The van der Waals surface area contributed by atoms with Crippen LogP contribution < -0.4 is 5.32 Å². The lowest BCUT2D eigenvalue weighted by Gasteiger charge is -2.32. The standard InChI is InChI=1S/C25H27N3OS/c1-30-21-14-12-18(13-15-21)24-23-11-6-16-27(23)22-10-5-2-7-19(22)17-28(24)25(29)26-20-8-3-4-9-20/h2,5-7,10-16,20,24H,3-4,8-9,17H2,1H3,(H,26,29)/t24-/m1/s1. The van der Waals surface area contributed by atoms with Crippen LogP contribution in [-0.4, -0.2) is 27.8 Å². The Morgan fingerprint density at radius 3 is 2.53 bits per heavy atom. The van der Waals surface area contributed by atoms with E-state index in [0.29, 0.717) is 12.6 Å². The van der Waals surface area contributed by atoms with E-state index in [1.807, 2.05) is 4.90 Å². The fraction of sp³-hybridized carbons (Fsp3) is 0.320. The summed E-state index contributed by atoms with van der Waals surface area (Å²) in [6.45, 7) is 0.589. The van der Waals surface area contributed by atoms with Crippen LogP contribution in [0.15, 0.2) is 71.8 Å². The molecular weight excluding hydrogens is 390 g/mol. The monoisotopic (exact) mass is 417 g/mol. The highest BCUT2D eigenvalue weighted by molar-refractivity contribution is 7.98. The number of para-hydroxylation sites is 1. The lowest BCUT2D eigenvalue weighted by molar-refractivity contribution is 0.176. The van der Waals surface area contributed by atoms with Crippen LogP contribution in [0.2, 0.25) is 0 Å². The van der Waals surface area contributed by atoms with E-state index in [0.717, 1.165) is 29.8 Å². The van der Waals surface area contributed by atoms with Crippen molar-refractivity contribution >= 4 is 17.8 Å². The summed E-state index contributed by atoms with van der Waals surface area (Å²) in [5.74, 6) is 0. The largest absolute Gasteiger partial charge is 0.335 e. The van der Waals surface area contributed by atoms with Crippen molar-refractivity contribution in [3.63, 3.8) is 0 Å². The number of aromatic nitrogens is 1. The van der Waals surface area contributed by atoms with E-state index in [4.69, 9.17) is 0 Å². The average Bonchev–Trinajstić information content (AvgIpc) is 3.44. The summed E-state index contributed by atoms with van der Waals surface area (Å²) in [5.41, 5.74) is 4.58. The Kier molecular flexibility index (Phi) is 5.30. The number of amides is 2. The number of benzene rings is 2. The summed E-state index contributed by atoms with van der Waals surface area (Å²) in [5, 5.41) is 3.33. The Morgan fingerprint density at radius 1 is 1.00 bits per heavy atom. The van der Waals surface area contributed by atoms with Crippen LogP contribution in [0.5, 0.6) is 0 Å². The molecule has 0 saturated heterocycles. The van der Waals surface area contributed by atoms with Crippen molar-refractivity contribution in [2.75, 3.05) is 6.26 Å². The van der Waals surface area contributed by atoms with E-state index in [9.17, 15) is 4.79 Å². The first-order valence-electron chi connectivity index (χ1n) is 10.7. The van der Waals surface area contributed by atoms with Gasteiger partial charge in [0.05, 0.1) is 18.3 Å². The van der Waals surface area contributed by atoms with Gasteiger partial charge in [-0.1, -0.05) is 43.2 Å². The van der Waals surface area contributed by atoms with Gasteiger partial charge in [-0.3, -0.25) is 0 Å². The molecule has 0 spiro atoms. The molecule has 2 aliphatic rings. The third kappa shape index (κ3) is 3.52. The maximum absolute atomic E-state index is 13.6. The average molecular weight is 418 g/mol. The molecule has 154 valence electrons. The van der Waals surface area contributed by atoms with Crippen LogP contribution in [0, 0.1) is 0 Å². The fourth-order valence-corrected chi connectivity index (χ4v) is 5.21. The van der Waals surface area contributed by atoms with Crippen molar-refractivity contribution in [1.29, 1.82) is 0 Å². The molecule has 2 heterocycles. The zero-order chi connectivity index (χ0) is 20.5. The molecule has 4 nitrogen and oxygen atoms in total. The van der Waals surface area contributed by atoms with Crippen molar-refractivity contribution in [1.82, 2.24) is 14.8 Å². The number of rotatable bonds is 3. The summed E-state index contributed by atoms with van der Waals surface area (Å²) in [4.78, 5) is 16.8. The van der Waals surface area contributed by atoms with E-state index in [1.54, 1.807) is 11.8 Å². The van der Waals surface area contributed by atoms with Crippen molar-refractivity contribution in [2.45, 2.75) is 49.2 Å². The fourth-order valence-electron chi connectivity index (χ4n) is 4.80. The molecule has 2 aromatic carbocycles. The normalized spacial score (nSPS) is 18.6. The van der Waals surface area contributed by atoms with Gasteiger partial charge in [0.15, 0.2) is 0 Å².